The average Bonchev–Trinajstić information content (AvgIpc) is 3.26. The van der Waals surface area contributed by atoms with Gasteiger partial charge in [-0.15, -0.1) is 0 Å². The Hall–Kier alpha value is -3.56. The molecule has 170 valence electrons. The van der Waals surface area contributed by atoms with Gasteiger partial charge < -0.3 is 15.4 Å². The van der Waals surface area contributed by atoms with Crippen LogP contribution in [0.5, 0.6) is 0 Å². The molecule has 2 aromatic carbocycles. The maximum absolute atomic E-state index is 13.0. The Morgan fingerprint density at radius 3 is 2.42 bits per heavy atom. The lowest BCUT2D eigenvalue weighted by atomic mass is 10.1. The Labute approximate surface area is 191 Å². The molecule has 1 unspecified atom stereocenters. The molecule has 0 aliphatic carbocycles. The number of fused-ring (bicyclic) bond motifs is 1. The van der Waals surface area contributed by atoms with Gasteiger partial charge in [0.25, 0.3) is 5.91 Å². The molecule has 33 heavy (non-hydrogen) atoms. The van der Waals surface area contributed by atoms with E-state index in [0.717, 1.165) is 5.56 Å². The van der Waals surface area contributed by atoms with Gasteiger partial charge in [-0.25, -0.2) is 18.4 Å². The second-order valence-corrected chi connectivity index (χ2v) is 10.4. The molecule has 1 atom stereocenters. The summed E-state index contributed by atoms with van der Waals surface area (Å²) in [5, 5.41) is 12.1. The molecule has 0 radical (unpaired) electrons. The second kappa shape index (κ2) is 9.13. The monoisotopic (exact) mass is 464 g/mol. The molecule has 0 spiro atoms. The number of H-pyrrole nitrogens is 1. The van der Waals surface area contributed by atoms with Crippen LogP contribution >= 0.6 is 0 Å². The summed E-state index contributed by atoms with van der Waals surface area (Å²) in [5.41, 5.74) is 3.10. The minimum atomic E-state index is -3.37. The quantitative estimate of drug-likeness (QED) is 0.385. The molecular formula is C24H24N4O4S. The number of aromatic nitrogens is 3. The van der Waals surface area contributed by atoms with Crippen LogP contribution in [0.4, 0.5) is 0 Å². The molecule has 0 bridgehead atoms. The van der Waals surface area contributed by atoms with Crippen LogP contribution in [0.1, 0.15) is 35.8 Å². The maximum Gasteiger partial charge on any atom is 0.255 e. The largest absolute Gasteiger partial charge is 0.394 e. The van der Waals surface area contributed by atoms with Crippen molar-refractivity contribution in [2.45, 2.75) is 30.0 Å². The van der Waals surface area contributed by atoms with Crippen molar-refractivity contribution < 1.29 is 18.3 Å². The first-order valence-corrected chi connectivity index (χ1v) is 12.0. The van der Waals surface area contributed by atoms with Crippen molar-refractivity contribution in [2.24, 2.45) is 0 Å². The van der Waals surface area contributed by atoms with Crippen molar-refractivity contribution in [2.75, 3.05) is 6.61 Å². The smallest absolute Gasteiger partial charge is 0.255 e. The number of nitrogens with one attached hydrogen (secondary N) is 2. The number of nitrogens with zero attached hydrogens (tertiary/aromatic N) is 2. The van der Waals surface area contributed by atoms with Gasteiger partial charge in [0.05, 0.1) is 40.2 Å². The van der Waals surface area contributed by atoms with Gasteiger partial charge in [-0.3, -0.25) is 4.79 Å². The zero-order chi connectivity index (χ0) is 23.6. The molecular weight excluding hydrogens is 440 g/mol. The van der Waals surface area contributed by atoms with Crippen molar-refractivity contribution in [1.82, 2.24) is 20.3 Å². The summed E-state index contributed by atoms with van der Waals surface area (Å²) in [4.78, 5) is 25.1. The Morgan fingerprint density at radius 2 is 1.79 bits per heavy atom. The Morgan fingerprint density at radius 1 is 1.09 bits per heavy atom. The molecule has 0 saturated heterocycles. The first-order chi connectivity index (χ1) is 15.8. The fraction of sp³-hybridized carbons (Fsp3) is 0.208. The number of amides is 1. The van der Waals surface area contributed by atoms with Crippen LogP contribution in [0, 0.1) is 0 Å². The summed E-state index contributed by atoms with van der Waals surface area (Å²) in [6.45, 7) is 3.03. The number of hydrogen-bond acceptors (Lipinski definition) is 6. The predicted molar refractivity (Wildman–Crippen MR) is 125 cm³/mol. The van der Waals surface area contributed by atoms with E-state index in [9.17, 15) is 18.3 Å². The highest BCUT2D eigenvalue weighted by atomic mass is 32.2. The topological polar surface area (TPSA) is 125 Å². The summed E-state index contributed by atoms with van der Waals surface area (Å²) in [6.07, 6.45) is 3.09. The number of carbonyl (C=O) groups excluding carboxylic acids is 1. The Kier molecular flexibility index (Phi) is 6.26. The highest BCUT2D eigenvalue weighted by Crippen LogP contribution is 2.24. The third-order valence-corrected chi connectivity index (χ3v) is 7.58. The van der Waals surface area contributed by atoms with E-state index in [2.05, 4.69) is 20.3 Å². The van der Waals surface area contributed by atoms with Gasteiger partial charge in [0.2, 0.25) is 0 Å². The van der Waals surface area contributed by atoms with Crippen LogP contribution in [0.2, 0.25) is 0 Å². The van der Waals surface area contributed by atoms with Crippen LogP contribution in [0.25, 0.3) is 22.4 Å². The molecule has 0 aliphatic rings. The van der Waals surface area contributed by atoms with E-state index in [1.54, 1.807) is 44.3 Å². The molecule has 1 amide bonds. The lowest BCUT2D eigenvalue weighted by Crippen LogP contribution is -2.30. The van der Waals surface area contributed by atoms with Crippen molar-refractivity contribution in [3.05, 3.63) is 78.1 Å². The van der Waals surface area contributed by atoms with Gasteiger partial charge in [0.15, 0.2) is 15.5 Å². The van der Waals surface area contributed by atoms with Crippen LogP contribution in [-0.2, 0) is 9.84 Å². The SMILES string of the molecule is CC(C)S(=O)(=O)c1ccc(-c2cnc3[nH]cc(C(=O)NC(CO)c4ccccc4)c3n2)cc1. The first kappa shape index (κ1) is 22.6. The molecule has 4 aromatic rings. The van der Waals surface area contributed by atoms with E-state index in [1.165, 1.54) is 6.20 Å². The average molecular weight is 465 g/mol. The van der Waals surface area contributed by atoms with Crippen LogP contribution in [0.15, 0.2) is 71.9 Å². The fourth-order valence-electron chi connectivity index (χ4n) is 3.45. The Balaban J connectivity index is 1.63. The van der Waals surface area contributed by atoms with E-state index >= 15 is 0 Å². The van der Waals surface area contributed by atoms with Gasteiger partial charge >= 0.3 is 0 Å². The standard InChI is InChI=1S/C24H24N4O4S/c1-15(2)33(31,32)18-10-8-17(9-11-18)20-13-26-23-22(27-20)19(12-25-23)24(30)28-21(14-29)16-6-4-3-5-7-16/h3-13,15,21,29H,14H2,1-2H3,(H,25,26)(H,28,30). The lowest BCUT2D eigenvalue weighted by molar-refractivity contribution is 0.0917. The molecule has 0 fully saturated rings. The summed E-state index contributed by atoms with van der Waals surface area (Å²) in [6, 6.07) is 15.1. The molecule has 0 saturated carbocycles. The zero-order valence-corrected chi connectivity index (χ0v) is 19.0. The van der Waals surface area contributed by atoms with Gasteiger partial charge in [0.1, 0.15) is 5.52 Å². The normalized spacial score (nSPS) is 12.7. The first-order valence-electron chi connectivity index (χ1n) is 10.5. The third-order valence-electron chi connectivity index (χ3n) is 5.41. The van der Waals surface area contributed by atoms with Gasteiger partial charge in [0, 0.05) is 11.8 Å². The highest BCUT2D eigenvalue weighted by Gasteiger charge is 2.21. The number of sulfone groups is 1. The minimum absolute atomic E-state index is 0.243. The Bertz CT molecular complexity index is 1380. The predicted octanol–water partition coefficient (Wildman–Crippen LogP) is 3.27. The molecule has 8 nitrogen and oxygen atoms in total. The third kappa shape index (κ3) is 4.50. The number of hydrogen-bond donors (Lipinski definition) is 3. The number of benzene rings is 2. The molecule has 2 heterocycles. The van der Waals surface area contributed by atoms with Crippen molar-refractivity contribution in [1.29, 1.82) is 0 Å². The molecule has 9 heteroatoms. The van der Waals surface area contributed by atoms with Crippen molar-refractivity contribution in [3.8, 4) is 11.3 Å². The number of carbonyl (C=O) groups is 1. The minimum Gasteiger partial charge on any atom is -0.394 e. The van der Waals surface area contributed by atoms with Crippen LogP contribution < -0.4 is 5.32 Å². The molecule has 3 N–H and O–H groups in total. The molecule has 2 aromatic heterocycles. The second-order valence-electron chi connectivity index (χ2n) is 7.89. The summed E-state index contributed by atoms with van der Waals surface area (Å²) < 4.78 is 24.7. The number of aliphatic hydroxyl groups is 1. The number of aliphatic hydroxyl groups excluding tert-OH is 1. The summed E-state index contributed by atoms with van der Waals surface area (Å²) in [7, 11) is -3.37. The molecule has 4 rings (SSSR count). The van der Waals surface area contributed by atoms with Gasteiger partial charge in [-0.05, 0) is 31.5 Å². The fourth-order valence-corrected chi connectivity index (χ4v) is 4.51. The number of rotatable bonds is 7. The van der Waals surface area contributed by atoms with Gasteiger partial charge in [-0.2, -0.15) is 0 Å². The van der Waals surface area contributed by atoms with E-state index < -0.39 is 27.0 Å². The van der Waals surface area contributed by atoms with Crippen molar-refractivity contribution in [3.63, 3.8) is 0 Å². The number of aromatic amines is 1. The zero-order valence-electron chi connectivity index (χ0n) is 18.2. The highest BCUT2D eigenvalue weighted by molar-refractivity contribution is 7.92. The summed E-state index contributed by atoms with van der Waals surface area (Å²) in [5.74, 6) is -0.394. The van der Waals surface area contributed by atoms with Crippen LogP contribution in [-0.4, -0.2) is 46.2 Å². The maximum atomic E-state index is 13.0. The molecule has 0 aliphatic heterocycles. The summed E-state index contributed by atoms with van der Waals surface area (Å²) >= 11 is 0. The van der Waals surface area contributed by atoms with Gasteiger partial charge in [-0.1, -0.05) is 42.5 Å². The van der Waals surface area contributed by atoms with E-state index in [1.807, 2.05) is 30.3 Å². The van der Waals surface area contributed by atoms with Crippen molar-refractivity contribution >= 4 is 26.9 Å². The van der Waals surface area contributed by atoms with E-state index in [4.69, 9.17) is 0 Å². The lowest BCUT2D eigenvalue weighted by Gasteiger charge is -2.16. The van der Waals surface area contributed by atoms with E-state index in [0.29, 0.717) is 28.0 Å². The van der Waals surface area contributed by atoms with Crippen LogP contribution in [0.3, 0.4) is 0 Å². The van der Waals surface area contributed by atoms with E-state index in [-0.39, 0.29) is 11.5 Å².